The van der Waals surface area contributed by atoms with Crippen LogP contribution in [0.3, 0.4) is 0 Å². The summed E-state index contributed by atoms with van der Waals surface area (Å²) in [5, 5.41) is 1.33. The fourth-order valence-electron chi connectivity index (χ4n) is 4.51. The Kier molecular flexibility index (Phi) is 4.15. The molecule has 0 saturated carbocycles. The quantitative estimate of drug-likeness (QED) is 0.332. The number of hydrogen-bond donors (Lipinski definition) is 2. The van der Waals surface area contributed by atoms with Gasteiger partial charge in [-0.3, -0.25) is 0 Å². The van der Waals surface area contributed by atoms with Crippen LogP contribution in [0.4, 0.5) is 0 Å². The Bertz CT molecular complexity index is 1420. The molecule has 1 aliphatic rings. The average Bonchev–Trinajstić information content (AvgIpc) is 3.50. The highest BCUT2D eigenvalue weighted by atomic mass is 32.1. The van der Waals surface area contributed by atoms with E-state index in [9.17, 15) is 0 Å². The van der Waals surface area contributed by atoms with Crippen molar-refractivity contribution in [2.75, 3.05) is 0 Å². The van der Waals surface area contributed by atoms with Gasteiger partial charge in [-0.1, -0.05) is 50.2 Å². The molecule has 3 aromatic heterocycles. The summed E-state index contributed by atoms with van der Waals surface area (Å²) in [6.45, 7) is 6.36. The second kappa shape index (κ2) is 6.92. The number of hydrogen-bond acceptors (Lipinski definition) is 3. The Balaban J connectivity index is 1.40. The molecule has 0 atom stereocenters. The molecule has 6 rings (SSSR count). The van der Waals surface area contributed by atoms with Gasteiger partial charge >= 0.3 is 0 Å². The fraction of sp³-hybridized carbons (Fsp3) is 0.231. The first-order valence-corrected chi connectivity index (χ1v) is 11.7. The lowest BCUT2D eigenvalue weighted by atomic mass is 9.91. The topological polar surface area (TPSA) is 57.4 Å². The fourth-order valence-corrected chi connectivity index (χ4v) is 5.75. The molecule has 2 N–H and O–H groups in total. The van der Waals surface area contributed by atoms with Gasteiger partial charge in [0.15, 0.2) is 0 Å². The van der Waals surface area contributed by atoms with E-state index >= 15 is 0 Å². The summed E-state index contributed by atoms with van der Waals surface area (Å²) in [7, 11) is 0. The molecule has 0 amide bonds. The van der Waals surface area contributed by atoms with Crippen LogP contribution >= 0.6 is 11.3 Å². The van der Waals surface area contributed by atoms with Crippen LogP contribution in [-0.4, -0.2) is 19.9 Å². The van der Waals surface area contributed by atoms with Gasteiger partial charge in [0.05, 0.1) is 17.6 Å². The van der Waals surface area contributed by atoms with Crippen LogP contribution in [0.5, 0.6) is 0 Å². The van der Waals surface area contributed by atoms with E-state index in [1.54, 1.807) is 0 Å². The zero-order valence-corrected chi connectivity index (χ0v) is 18.7. The highest BCUT2D eigenvalue weighted by Gasteiger charge is 2.23. The number of aromatic nitrogens is 4. The molecule has 154 valence electrons. The molecule has 0 aliphatic heterocycles. The second-order valence-electron chi connectivity index (χ2n) is 8.68. The lowest BCUT2D eigenvalue weighted by molar-refractivity contribution is 0.787. The third-order valence-corrected chi connectivity index (χ3v) is 7.46. The molecule has 0 spiro atoms. The van der Waals surface area contributed by atoms with Gasteiger partial charge in [-0.05, 0) is 47.9 Å². The smallest absolute Gasteiger partial charge is 0.109 e. The average molecular weight is 425 g/mol. The van der Waals surface area contributed by atoms with Crippen LogP contribution in [-0.2, 0) is 12.8 Å². The minimum Gasteiger partial charge on any atom is -0.345 e. The van der Waals surface area contributed by atoms with E-state index < -0.39 is 0 Å². The summed E-state index contributed by atoms with van der Waals surface area (Å²) in [5.41, 5.74) is 8.68. The van der Waals surface area contributed by atoms with E-state index in [2.05, 4.69) is 71.3 Å². The summed E-state index contributed by atoms with van der Waals surface area (Å²) in [6, 6.07) is 15.6. The van der Waals surface area contributed by atoms with E-state index in [0.717, 1.165) is 41.4 Å². The molecule has 1 aliphatic carbocycles. The minimum absolute atomic E-state index is 0.416. The van der Waals surface area contributed by atoms with Crippen molar-refractivity contribution in [1.29, 1.82) is 0 Å². The summed E-state index contributed by atoms with van der Waals surface area (Å²) < 4.78 is 1.40. The predicted octanol–water partition coefficient (Wildman–Crippen LogP) is 6.88. The van der Waals surface area contributed by atoms with Gasteiger partial charge in [0.1, 0.15) is 11.6 Å². The van der Waals surface area contributed by atoms with Crippen LogP contribution in [0.15, 0.2) is 48.7 Å². The summed E-state index contributed by atoms with van der Waals surface area (Å²) in [5.74, 6) is 2.45. The normalized spacial score (nSPS) is 13.0. The molecular weight excluding hydrogens is 400 g/mol. The van der Waals surface area contributed by atoms with E-state index in [0.29, 0.717) is 5.92 Å². The Morgan fingerprint density at radius 3 is 2.52 bits per heavy atom. The summed E-state index contributed by atoms with van der Waals surface area (Å²) in [6.07, 6.45) is 3.99. The van der Waals surface area contributed by atoms with E-state index in [4.69, 9.17) is 4.98 Å². The maximum Gasteiger partial charge on any atom is 0.109 e. The number of fused-ring (bicyclic) bond motifs is 5. The summed E-state index contributed by atoms with van der Waals surface area (Å²) in [4.78, 5) is 17.4. The minimum atomic E-state index is 0.416. The molecule has 0 saturated heterocycles. The van der Waals surface area contributed by atoms with Gasteiger partial charge in [-0.2, -0.15) is 0 Å². The first kappa shape index (κ1) is 18.6. The molecular formula is C26H24N4S. The number of nitrogens with zero attached hydrogens (tertiary/aromatic N) is 2. The van der Waals surface area contributed by atoms with Gasteiger partial charge in [-0.25, -0.2) is 9.97 Å². The molecule has 3 heterocycles. The molecule has 2 aromatic carbocycles. The second-order valence-corrected chi connectivity index (χ2v) is 9.74. The molecule has 5 aromatic rings. The van der Waals surface area contributed by atoms with Gasteiger partial charge in [0, 0.05) is 26.8 Å². The van der Waals surface area contributed by atoms with E-state index in [1.165, 1.54) is 37.3 Å². The zero-order valence-electron chi connectivity index (χ0n) is 17.9. The Morgan fingerprint density at radius 2 is 1.77 bits per heavy atom. The third kappa shape index (κ3) is 3.03. The monoisotopic (exact) mass is 424 g/mol. The number of aryl methyl sites for hydroxylation is 3. The Morgan fingerprint density at radius 1 is 0.968 bits per heavy atom. The number of rotatable bonds is 3. The summed E-state index contributed by atoms with van der Waals surface area (Å²) >= 11 is 1.90. The number of H-pyrrole nitrogens is 2. The van der Waals surface area contributed by atoms with Crippen molar-refractivity contribution < 1.29 is 0 Å². The van der Waals surface area contributed by atoms with Crippen molar-refractivity contribution in [2.24, 2.45) is 0 Å². The maximum atomic E-state index is 4.94. The molecule has 0 radical (unpaired) electrons. The highest BCUT2D eigenvalue weighted by molar-refractivity contribution is 7.22. The predicted molar refractivity (Wildman–Crippen MR) is 129 cm³/mol. The zero-order chi connectivity index (χ0) is 21.1. The van der Waals surface area contributed by atoms with Crippen molar-refractivity contribution in [1.82, 2.24) is 19.9 Å². The first-order valence-electron chi connectivity index (χ1n) is 10.8. The van der Waals surface area contributed by atoms with Gasteiger partial charge in [0.2, 0.25) is 0 Å². The molecule has 31 heavy (non-hydrogen) atoms. The van der Waals surface area contributed by atoms with Crippen LogP contribution in [0, 0.1) is 6.92 Å². The van der Waals surface area contributed by atoms with Crippen LogP contribution < -0.4 is 0 Å². The highest BCUT2D eigenvalue weighted by Crippen LogP contribution is 2.42. The SMILES string of the molecule is Cc1ncc(-c2ccc(-c3cc4ccc5c(c4s3)CCc3[nH]c(C(C)C)nc3-5)cc2)[nH]1. The number of imidazole rings is 2. The molecule has 5 heteroatoms. The van der Waals surface area contributed by atoms with Gasteiger partial charge < -0.3 is 9.97 Å². The van der Waals surface area contributed by atoms with Crippen LogP contribution in [0.2, 0.25) is 0 Å². The van der Waals surface area contributed by atoms with Crippen molar-refractivity contribution >= 4 is 21.4 Å². The molecule has 0 bridgehead atoms. The molecule has 0 unspecified atom stereocenters. The van der Waals surface area contributed by atoms with Crippen LogP contribution in [0.1, 0.15) is 42.7 Å². The Labute approximate surface area is 185 Å². The largest absolute Gasteiger partial charge is 0.345 e. The maximum absolute atomic E-state index is 4.94. The Hall–Kier alpha value is -3.18. The lowest BCUT2D eigenvalue weighted by Crippen LogP contribution is -2.03. The van der Waals surface area contributed by atoms with Gasteiger partial charge in [0.25, 0.3) is 0 Å². The molecule has 4 nitrogen and oxygen atoms in total. The standard InChI is InChI=1S/C26H24N4S/c1-14(2)26-29-21-11-10-20-19(24(21)30-26)9-8-18-12-23(31-25(18)20)17-6-4-16(5-7-17)22-13-27-15(3)28-22/h4-9,12-14H,10-11H2,1-3H3,(H,27,28)(H,29,30). The number of thiophene rings is 1. The van der Waals surface area contributed by atoms with Crippen molar-refractivity contribution in [2.45, 2.75) is 39.5 Å². The number of nitrogens with one attached hydrogen (secondary N) is 2. The van der Waals surface area contributed by atoms with Crippen molar-refractivity contribution in [3.8, 4) is 33.0 Å². The van der Waals surface area contributed by atoms with E-state index in [1.807, 2.05) is 24.5 Å². The third-order valence-electron chi connectivity index (χ3n) is 6.20. The molecule has 0 fully saturated rings. The number of benzene rings is 2. The van der Waals surface area contributed by atoms with Crippen molar-refractivity contribution in [3.05, 3.63) is 71.6 Å². The first-order chi connectivity index (χ1) is 15.1. The van der Waals surface area contributed by atoms with Crippen molar-refractivity contribution in [3.63, 3.8) is 0 Å². The van der Waals surface area contributed by atoms with Gasteiger partial charge in [-0.15, -0.1) is 11.3 Å². The number of aromatic amines is 2. The lowest BCUT2D eigenvalue weighted by Gasteiger charge is -2.15. The van der Waals surface area contributed by atoms with E-state index in [-0.39, 0.29) is 0 Å². The van der Waals surface area contributed by atoms with Crippen LogP contribution in [0.25, 0.3) is 43.0 Å².